The maximum atomic E-state index is 11.2. The van der Waals surface area contributed by atoms with Crippen LogP contribution in [0.5, 0.6) is 0 Å². The molecule has 1 aromatic rings. The molecule has 1 radical (unpaired) electrons. The van der Waals surface area contributed by atoms with Crippen LogP contribution in [0.25, 0.3) is 0 Å². The van der Waals surface area contributed by atoms with Crippen LogP contribution in [0.4, 0.5) is 0 Å². The molecule has 24 heavy (non-hydrogen) atoms. The number of hydrogen-bond donors (Lipinski definition) is 1. The molecule has 1 aliphatic heterocycles. The van der Waals surface area contributed by atoms with Crippen molar-refractivity contribution in [1.82, 2.24) is 4.90 Å². The number of likely N-dealkylation sites (tertiary alicyclic amines) is 1. The van der Waals surface area contributed by atoms with Gasteiger partial charge in [0.2, 0.25) is 5.91 Å². The summed E-state index contributed by atoms with van der Waals surface area (Å²) in [6.07, 6.45) is 9.54. The number of aryl methyl sites for hydroxylation is 1. The van der Waals surface area contributed by atoms with Gasteiger partial charge in [0.05, 0.1) is 6.10 Å². The standard InChI is InChI=1S/C11H20NO.C9H10O.Y/c1-3-4-5-6-7-10-8-9-11(13)12(10)2;10-9-6-5-7-3-1-2-4-8(7)9;/h10H,1,3-9H2,2H3;1-4,9-10H,5-6H2;/q-1;;/t10-;;/m0../s1. The van der Waals surface area contributed by atoms with Gasteiger partial charge in [0.1, 0.15) is 0 Å². The smallest absolute Gasteiger partial charge is 0.222 e. The van der Waals surface area contributed by atoms with Gasteiger partial charge < -0.3 is 16.9 Å². The van der Waals surface area contributed by atoms with Gasteiger partial charge in [0.25, 0.3) is 0 Å². The van der Waals surface area contributed by atoms with Crippen LogP contribution in [0.1, 0.15) is 68.6 Å². The van der Waals surface area contributed by atoms with Gasteiger partial charge in [-0.15, -0.1) is 0 Å². The molecule has 0 saturated carbocycles. The third-order valence-corrected chi connectivity index (χ3v) is 5.02. The zero-order valence-electron chi connectivity index (χ0n) is 14.9. The Labute approximate surface area is 172 Å². The topological polar surface area (TPSA) is 40.5 Å². The van der Waals surface area contributed by atoms with Crippen molar-refractivity contribution < 1.29 is 42.6 Å². The van der Waals surface area contributed by atoms with Crippen LogP contribution in [0, 0.1) is 6.92 Å². The number of aliphatic hydroxyl groups is 1. The number of unbranched alkanes of at least 4 members (excludes halogenated alkanes) is 3. The van der Waals surface area contributed by atoms with E-state index in [2.05, 4.69) is 13.0 Å². The predicted octanol–water partition coefficient (Wildman–Crippen LogP) is 4.06. The van der Waals surface area contributed by atoms with Crippen molar-refractivity contribution in [2.75, 3.05) is 7.05 Å². The van der Waals surface area contributed by atoms with E-state index in [0.29, 0.717) is 11.9 Å². The molecule has 2 aliphatic rings. The molecule has 131 valence electrons. The summed E-state index contributed by atoms with van der Waals surface area (Å²) in [4.78, 5) is 13.1. The number of rotatable bonds is 5. The van der Waals surface area contributed by atoms with Crippen LogP contribution >= 0.6 is 0 Å². The molecule has 2 atom stereocenters. The predicted molar refractivity (Wildman–Crippen MR) is 94.0 cm³/mol. The Morgan fingerprint density at radius 1 is 1.17 bits per heavy atom. The number of carbonyl (C=O) groups is 1. The summed E-state index contributed by atoms with van der Waals surface area (Å²) in [5.74, 6) is 0.321. The van der Waals surface area contributed by atoms with Gasteiger partial charge in [-0.05, 0) is 36.8 Å². The molecular formula is C20H30NO2Y-. The van der Waals surface area contributed by atoms with Crippen LogP contribution in [0.2, 0.25) is 0 Å². The normalized spacial score (nSPS) is 21.8. The van der Waals surface area contributed by atoms with Gasteiger partial charge in [-0.2, -0.15) is 6.42 Å². The number of hydrogen-bond acceptors (Lipinski definition) is 2. The van der Waals surface area contributed by atoms with E-state index in [1.807, 2.05) is 30.1 Å². The van der Waals surface area contributed by atoms with E-state index in [-0.39, 0.29) is 38.8 Å². The number of aliphatic hydroxyl groups excluding tert-OH is 1. The molecule has 3 rings (SSSR count). The Kier molecular flexibility index (Phi) is 10.3. The van der Waals surface area contributed by atoms with Crippen LogP contribution < -0.4 is 0 Å². The summed E-state index contributed by atoms with van der Waals surface area (Å²) in [6.45, 7) is 3.82. The fourth-order valence-corrected chi connectivity index (χ4v) is 3.47. The molecule has 1 aliphatic carbocycles. The van der Waals surface area contributed by atoms with E-state index in [1.165, 1.54) is 31.2 Å². The van der Waals surface area contributed by atoms with Crippen LogP contribution in [0.3, 0.4) is 0 Å². The fraction of sp³-hybridized carbons (Fsp3) is 0.600. The van der Waals surface area contributed by atoms with E-state index >= 15 is 0 Å². The summed E-state index contributed by atoms with van der Waals surface area (Å²) in [5.41, 5.74) is 2.44. The van der Waals surface area contributed by atoms with Crippen molar-refractivity contribution in [3.05, 3.63) is 42.3 Å². The first-order valence-electron chi connectivity index (χ1n) is 8.94. The minimum absolute atomic E-state index is 0. The molecule has 1 aromatic carbocycles. The van der Waals surface area contributed by atoms with E-state index in [0.717, 1.165) is 37.7 Å². The maximum absolute atomic E-state index is 11.2. The second kappa shape index (κ2) is 11.4. The van der Waals surface area contributed by atoms with Gasteiger partial charge >= 0.3 is 0 Å². The maximum Gasteiger partial charge on any atom is 0.222 e. The van der Waals surface area contributed by atoms with Crippen molar-refractivity contribution in [2.45, 2.75) is 69.9 Å². The number of nitrogens with zero attached hydrogens (tertiary/aromatic N) is 1. The number of fused-ring (bicyclic) bond motifs is 1. The Morgan fingerprint density at radius 2 is 1.92 bits per heavy atom. The summed E-state index contributed by atoms with van der Waals surface area (Å²) in [6, 6.07) is 8.63. The van der Waals surface area contributed by atoms with Gasteiger partial charge in [-0.25, -0.2) is 0 Å². The first-order chi connectivity index (χ1) is 11.1. The number of carbonyl (C=O) groups excluding carboxylic acids is 1. The first-order valence-corrected chi connectivity index (χ1v) is 8.94. The third-order valence-electron chi connectivity index (χ3n) is 5.02. The van der Waals surface area contributed by atoms with Gasteiger partial charge in [-0.3, -0.25) is 4.79 Å². The van der Waals surface area contributed by atoms with E-state index in [9.17, 15) is 9.90 Å². The Bertz CT molecular complexity index is 506. The summed E-state index contributed by atoms with van der Waals surface area (Å²) in [5, 5.41) is 9.38. The fourth-order valence-electron chi connectivity index (χ4n) is 3.47. The molecule has 4 heteroatoms. The van der Waals surface area contributed by atoms with Gasteiger partial charge in [-0.1, -0.05) is 43.5 Å². The van der Waals surface area contributed by atoms with Crippen molar-refractivity contribution in [2.24, 2.45) is 0 Å². The SMILES string of the molecule is OC1CCc2ccccc21.[CH2-]CCCCC[C@H]1CCC(=O)N1C.[Y]. The van der Waals surface area contributed by atoms with Crippen molar-refractivity contribution in [1.29, 1.82) is 0 Å². The van der Waals surface area contributed by atoms with Gasteiger partial charge in [0.15, 0.2) is 0 Å². The Morgan fingerprint density at radius 3 is 2.54 bits per heavy atom. The third kappa shape index (κ3) is 6.24. The second-order valence-electron chi connectivity index (χ2n) is 6.65. The average Bonchev–Trinajstić information content (AvgIpc) is 3.10. The molecule has 1 amide bonds. The molecule has 1 fully saturated rings. The van der Waals surface area contributed by atoms with Crippen molar-refractivity contribution in [3.63, 3.8) is 0 Å². The van der Waals surface area contributed by atoms with E-state index in [4.69, 9.17) is 0 Å². The number of benzene rings is 1. The Hall–Kier alpha value is -0.246. The monoisotopic (exact) mass is 405 g/mol. The summed E-state index contributed by atoms with van der Waals surface area (Å²) >= 11 is 0. The minimum Gasteiger partial charge on any atom is -0.388 e. The molecule has 0 bridgehead atoms. The molecule has 0 spiro atoms. The molecule has 1 N–H and O–H groups in total. The average molecular weight is 405 g/mol. The van der Waals surface area contributed by atoms with Crippen LogP contribution in [-0.2, 0) is 43.9 Å². The number of amides is 1. The van der Waals surface area contributed by atoms with E-state index in [1.54, 1.807) is 0 Å². The zero-order valence-corrected chi connectivity index (χ0v) is 17.8. The minimum atomic E-state index is -0.198. The quantitative estimate of drug-likeness (QED) is 0.593. The molecule has 3 nitrogen and oxygen atoms in total. The van der Waals surface area contributed by atoms with Crippen LogP contribution in [0.15, 0.2) is 24.3 Å². The van der Waals surface area contributed by atoms with Crippen molar-refractivity contribution >= 4 is 5.91 Å². The Balaban J connectivity index is 0.000000236. The molecule has 1 heterocycles. The molecule has 1 unspecified atom stereocenters. The molecule has 1 saturated heterocycles. The molecular weight excluding hydrogens is 375 g/mol. The second-order valence-corrected chi connectivity index (χ2v) is 6.65. The zero-order chi connectivity index (χ0) is 16.7. The largest absolute Gasteiger partial charge is 0.388 e. The van der Waals surface area contributed by atoms with E-state index < -0.39 is 0 Å². The first kappa shape index (κ1) is 21.8. The summed E-state index contributed by atoms with van der Waals surface area (Å²) in [7, 11) is 1.93. The summed E-state index contributed by atoms with van der Waals surface area (Å²) < 4.78 is 0. The van der Waals surface area contributed by atoms with Crippen molar-refractivity contribution in [3.8, 4) is 0 Å². The van der Waals surface area contributed by atoms with Crippen LogP contribution in [-0.4, -0.2) is 29.0 Å². The van der Waals surface area contributed by atoms with Gasteiger partial charge in [0, 0.05) is 52.2 Å². The molecule has 0 aromatic heterocycles.